The number of nitrogens with zero attached hydrogens (tertiary/aromatic N) is 4. The molecular weight excluding hydrogens is 430 g/mol. The Balaban J connectivity index is 1.36. The molecule has 0 radical (unpaired) electrons. The number of carbonyl (C=O) groups excluding carboxylic acids is 2. The van der Waals surface area contributed by atoms with E-state index < -0.39 is 0 Å². The van der Waals surface area contributed by atoms with E-state index in [1.807, 2.05) is 30.3 Å². The van der Waals surface area contributed by atoms with E-state index in [9.17, 15) is 9.59 Å². The molecule has 0 atom stereocenters. The summed E-state index contributed by atoms with van der Waals surface area (Å²) in [6.45, 7) is 7.20. The van der Waals surface area contributed by atoms with E-state index in [-0.39, 0.29) is 11.8 Å². The number of carbonyl (C=O) groups is 2. The molecule has 9 heteroatoms. The van der Waals surface area contributed by atoms with Gasteiger partial charge in [-0.05, 0) is 38.8 Å². The molecule has 3 N–H and O–H groups in total. The van der Waals surface area contributed by atoms with Crippen molar-refractivity contribution in [2.45, 2.75) is 38.6 Å². The molecule has 0 spiro atoms. The fraction of sp³-hybridized carbons (Fsp3) is 0.520. The Bertz CT molecular complexity index is 955. The van der Waals surface area contributed by atoms with E-state index in [1.54, 1.807) is 6.07 Å². The van der Waals surface area contributed by atoms with Gasteiger partial charge in [0, 0.05) is 50.8 Å². The zero-order valence-corrected chi connectivity index (χ0v) is 19.9. The molecule has 2 aromatic rings. The molecule has 0 saturated carbocycles. The number of hydrogen-bond acceptors (Lipinski definition) is 7. The van der Waals surface area contributed by atoms with Gasteiger partial charge >= 0.3 is 0 Å². The summed E-state index contributed by atoms with van der Waals surface area (Å²) >= 11 is 0. The molecule has 2 saturated heterocycles. The standard InChI is InChI=1S/C25H35N7O2/c1-19(33)26-11-12-27-22-17-23(30-25(29-22)20-7-3-2-4-8-20)28-24(34)18-31-15-9-21(10-16-31)32-13-5-6-14-32/h2-4,7-8,17,21H,5-6,9-16,18H2,1H3,(H,26,33)(H2,27,28,29,30,34). The maximum atomic E-state index is 12.8. The predicted octanol–water partition coefficient (Wildman–Crippen LogP) is 2.19. The highest BCUT2D eigenvalue weighted by Gasteiger charge is 2.27. The van der Waals surface area contributed by atoms with Gasteiger partial charge in [-0.3, -0.25) is 14.5 Å². The van der Waals surface area contributed by atoms with Crippen molar-refractivity contribution >= 4 is 23.5 Å². The number of benzene rings is 1. The average Bonchev–Trinajstić information content (AvgIpc) is 3.38. The molecule has 0 bridgehead atoms. The van der Waals surface area contributed by atoms with Gasteiger partial charge < -0.3 is 20.9 Å². The summed E-state index contributed by atoms with van der Waals surface area (Å²) < 4.78 is 0. The lowest BCUT2D eigenvalue weighted by Gasteiger charge is -2.36. The molecule has 0 unspecified atom stereocenters. The number of hydrogen-bond donors (Lipinski definition) is 3. The van der Waals surface area contributed by atoms with Crippen LogP contribution in [0.2, 0.25) is 0 Å². The van der Waals surface area contributed by atoms with E-state index in [1.165, 1.54) is 32.9 Å². The topological polar surface area (TPSA) is 102 Å². The van der Waals surface area contributed by atoms with E-state index in [2.05, 4.69) is 35.7 Å². The third-order valence-electron chi connectivity index (χ3n) is 6.41. The number of aromatic nitrogens is 2. The Morgan fingerprint density at radius 3 is 2.38 bits per heavy atom. The van der Waals surface area contributed by atoms with Crippen LogP contribution in [-0.2, 0) is 9.59 Å². The molecule has 1 aromatic carbocycles. The summed E-state index contributed by atoms with van der Waals surface area (Å²) in [5, 5.41) is 8.92. The van der Waals surface area contributed by atoms with Gasteiger partial charge in [-0.2, -0.15) is 0 Å². The fourth-order valence-electron chi connectivity index (χ4n) is 4.68. The Morgan fingerprint density at radius 1 is 0.971 bits per heavy atom. The van der Waals surface area contributed by atoms with Gasteiger partial charge in [0.05, 0.1) is 6.54 Å². The molecular formula is C25H35N7O2. The maximum absolute atomic E-state index is 12.8. The maximum Gasteiger partial charge on any atom is 0.239 e. The summed E-state index contributed by atoms with van der Waals surface area (Å²) in [7, 11) is 0. The average molecular weight is 466 g/mol. The van der Waals surface area contributed by atoms with Crippen molar-refractivity contribution in [2.75, 3.05) is 56.4 Å². The third kappa shape index (κ3) is 6.98. The normalized spacial score (nSPS) is 17.4. The van der Waals surface area contributed by atoms with Crippen molar-refractivity contribution in [3.63, 3.8) is 0 Å². The lowest BCUT2D eigenvalue weighted by molar-refractivity contribution is -0.119. The first-order valence-electron chi connectivity index (χ1n) is 12.3. The monoisotopic (exact) mass is 465 g/mol. The molecule has 9 nitrogen and oxygen atoms in total. The van der Waals surface area contributed by atoms with Gasteiger partial charge in [0.25, 0.3) is 0 Å². The first kappa shape index (κ1) is 24.1. The van der Waals surface area contributed by atoms with Crippen LogP contribution in [0.3, 0.4) is 0 Å². The summed E-state index contributed by atoms with van der Waals surface area (Å²) in [4.78, 5) is 37.9. The number of amides is 2. The second-order valence-corrected chi connectivity index (χ2v) is 9.04. The SMILES string of the molecule is CC(=O)NCCNc1cc(NC(=O)CN2CCC(N3CCCC3)CC2)nc(-c2ccccc2)n1. The van der Waals surface area contributed by atoms with Crippen molar-refractivity contribution in [2.24, 2.45) is 0 Å². The Kier molecular flexibility index (Phi) is 8.43. The number of piperidine rings is 1. The number of anilines is 2. The van der Waals surface area contributed by atoms with Crippen LogP contribution in [0.1, 0.15) is 32.6 Å². The zero-order chi connectivity index (χ0) is 23.8. The molecule has 182 valence electrons. The van der Waals surface area contributed by atoms with Crippen molar-refractivity contribution < 1.29 is 9.59 Å². The van der Waals surface area contributed by atoms with Crippen molar-refractivity contribution in [3.05, 3.63) is 36.4 Å². The summed E-state index contributed by atoms with van der Waals surface area (Å²) in [5.41, 5.74) is 0.868. The van der Waals surface area contributed by atoms with E-state index in [4.69, 9.17) is 0 Å². The highest BCUT2D eigenvalue weighted by molar-refractivity contribution is 5.92. The van der Waals surface area contributed by atoms with Gasteiger partial charge in [0.15, 0.2) is 5.82 Å². The molecule has 34 heavy (non-hydrogen) atoms. The van der Waals surface area contributed by atoms with Crippen LogP contribution in [0.15, 0.2) is 36.4 Å². The van der Waals surface area contributed by atoms with Gasteiger partial charge in [0.1, 0.15) is 11.6 Å². The lowest BCUT2D eigenvalue weighted by Crippen LogP contribution is -2.45. The molecule has 2 fully saturated rings. The second-order valence-electron chi connectivity index (χ2n) is 9.04. The Labute approximate surface area is 201 Å². The number of nitrogens with one attached hydrogen (secondary N) is 3. The molecule has 4 rings (SSSR count). The van der Waals surface area contributed by atoms with E-state index in [0.717, 1.165) is 31.5 Å². The molecule has 1 aromatic heterocycles. The largest absolute Gasteiger partial charge is 0.368 e. The van der Waals surface area contributed by atoms with E-state index >= 15 is 0 Å². The minimum atomic E-state index is -0.0770. The first-order valence-corrected chi connectivity index (χ1v) is 12.3. The van der Waals surface area contributed by atoms with Crippen molar-refractivity contribution in [3.8, 4) is 11.4 Å². The van der Waals surface area contributed by atoms with Crippen LogP contribution in [0.4, 0.5) is 11.6 Å². The van der Waals surface area contributed by atoms with Crippen LogP contribution < -0.4 is 16.0 Å². The molecule has 2 amide bonds. The number of rotatable bonds is 9. The summed E-state index contributed by atoms with van der Waals surface area (Å²) in [5.74, 6) is 1.45. The van der Waals surface area contributed by atoms with Gasteiger partial charge in [-0.25, -0.2) is 9.97 Å². The van der Waals surface area contributed by atoms with Gasteiger partial charge in [-0.1, -0.05) is 30.3 Å². The quantitative estimate of drug-likeness (QED) is 0.488. The smallest absolute Gasteiger partial charge is 0.239 e. The molecule has 3 heterocycles. The predicted molar refractivity (Wildman–Crippen MR) is 134 cm³/mol. The van der Waals surface area contributed by atoms with Crippen molar-refractivity contribution in [1.82, 2.24) is 25.1 Å². The minimum Gasteiger partial charge on any atom is -0.368 e. The first-order chi connectivity index (χ1) is 16.6. The van der Waals surface area contributed by atoms with Crippen molar-refractivity contribution in [1.29, 1.82) is 0 Å². The Morgan fingerprint density at radius 2 is 1.68 bits per heavy atom. The van der Waals surface area contributed by atoms with Gasteiger partial charge in [0.2, 0.25) is 11.8 Å². The Hall–Kier alpha value is -3.04. The zero-order valence-electron chi connectivity index (χ0n) is 19.9. The highest BCUT2D eigenvalue weighted by atomic mass is 16.2. The highest BCUT2D eigenvalue weighted by Crippen LogP contribution is 2.22. The third-order valence-corrected chi connectivity index (χ3v) is 6.41. The minimum absolute atomic E-state index is 0.0680. The number of likely N-dealkylation sites (tertiary alicyclic amines) is 2. The molecule has 2 aliphatic heterocycles. The van der Waals surface area contributed by atoms with Crippen LogP contribution in [0, 0.1) is 0 Å². The van der Waals surface area contributed by atoms with Crippen LogP contribution in [-0.4, -0.2) is 83.4 Å². The van der Waals surface area contributed by atoms with Crippen LogP contribution in [0.5, 0.6) is 0 Å². The summed E-state index contributed by atoms with van der Waals surface area (Å²) in [6.07, 6.45) is 4.88. The lowest BCUT2D eigenvalue weighted by atomic mass is 10.0. The van der Waals surface area contributed by atoms with Gasteiger partial charge in [-0.15, -0.1) is 0 Å². The summed E-state index contributed by atoms with van der Waals surface area (Å²) in [6, 6.07) is 12.1. The van der Waals surface area contributed by atoms with Crippen LogP contribution in [0.25, 0.3) is 11.4 Å². The van der Waals surface area contributed by atoms with E-state index in [0.29, 0.717) is 43.1 Å². The van der Waals surface area contributed by atoms with Crippen LogP contribution >= 0.6 is 0 Å². The fourth-order valence-corrected chi connectivity index (χ4v) is 4.68. The second kappa shape index (κ2) is 11.9. The molecule has 2 aliphatic rings. The molecule has 0 aliphatic carbocycles.